The average molecular weight is 255 g/mol. The molecular formula is C16H21N3. The predicted molar refractivity (Wildman–Crippen MR) is 79.3 cm³/mol. The minimum Gasteiger partial charge on any atom is -0.366 e. The van der Waals surface area contributed by atoms with Crippen LogP contribution >= 0.6 is 0 Å². The molecule has 0 unspecified atom stereocenters. The fraction of sp³-hybridized carbons (Fsp3) is 0.500. The standard InChI is InChI=1S/C16H21N3/c1-11-7-8-15-13(9-11)16(18-10-17-15)19-14-6-4-3-5-12(14)2/h7-10,12,14H,3-6H2,1-2H3,(H,17,18,19)/t12-,14-/m1/s1. The number of nitrogens with one attached hydrogen (secondary N) is 1. The normalized spacial score (nSPS) is 23.5. The van der Waals surface area contributed by atoms with Crippen molar-refractivity contribution in [2.45, 2.75) is 45.6 Å². The third-order valence-electron chi connectivity index (χ3n) is 4.22. The van der Waals surface area contributed by atoms with E-state index in [4.69, 9.17) is 0 Å². The molecule has 1 aromatic carbocycles. The van der Waals surface area contributed by atoms with Crippen molar-refractivity contribution in [2.24, 2.45) is 5.92 Å². The highest BCUT2D eigenvalue weighted by Gasteiger charge is 2.21. The molecule has 1 saturated carbocycles. The van der Waals surface area contributed by atoms with E-state index in [1.54, 1.807) is 6.33 Å². The van der Waals surface area contributed by atoms with Gasteiger partial charge in [0.05, 0.1) is 5.52 Å². The van der Waals surface area contributed by atoms with E-state index in [2.05, 4.69) is 47.3 Å². The Kier molecular flexibility index (Phi) is 3.36. The van der Waals surface area contributed by atoms with Crippen LogP contribution in [-0.4, -0.2) is 16.0 Å². The summed E-state index contributed by atoms with van der Waals surface area (Å²) in [4.78, 5) is 8.80. The molecule has 3 heteroatoms. The first-order valence-electron chi connectivity index (χ1n) is 7.22. The van der Waals surface area contributed by atoms with E-state index in [9.17, 15) is 0 Å². The van der Waals surface area contributed by atoms with E-state index in [-0.39, 0.29) is 0 Å². The van der Waals surface area contributed by atoms with Crippen molar-refractivity contribution in [3.05, 3.63) is 30.1 Å². The first-order valence-corrected chi connectivity index (χ1v) is 7.22. The van der Waals surface area contributed by atoms with Crippen molar-refractivity contribution in [3.8, 4) is 0 Å². The Balaban J connectivity index is 1.93. The number of aryl methyl sites for hydroxylation is 1. The van der Waals surface area contributed by atoms with Crippen LogP contribution in [0.1, 0.15) is 38.2 Å². The van der Waals surface area contributed by atoms with Crippen LogP contribution in [-0.2, 0) is 0 Å². The van der Waals surface area contributed by atoms with E-state index in [0.717, 1.165) is 22.6 Å². The van der Waals surface area contributed by atoms with E-state index in [1.165, 1.54) is 31.2 Å². The van der Waals surface area contributed by atoms with Gasteiger partial charge in [-0.1, -0.05) is 31.4 Å². The third-order valence-corrected chi connectivity index (χ3v) is 4.22. The summed E-state index contributed by atoms with van der Waals surface area (Å²) in [6.45, 7) is 4.45. The molecule has 1 aliphatic carbocycles. The van der Waals surface area contributed by atoms with E-state index >= 15 is 0 Å². The molecule has 0 radical (unpaired) electrons. The van der Waals surface area contributed by atoms with Crippen LogP contribution < -0.4 is 5.32 Å². The molecular weight excluding hydrogens is 234 g/mol. The second-order valence-electron chi connectivity index (χ2n) is 5.76. The van der Waals surface area contributed by atoms with E-state index < -0.39 is 0 Å². The molecule has 100 valence electrons. The number of anilines is 1. The van der Waals surface area contributed by atoms with Crippen LogP contribution in [0.4, 0.5) is 5.82 Å². The first-order chi connectivity index (χ1) is 9.24. The number of hydrogen-bond donors (Lipinski definition) is 1. The molecule has 3 nitrogen and oxygen atoms in total. The molecule has 0 spiro atoms. The maximum atomic E-state index is 4.45. The summed E-state index contributed by atoms with van der Waals surface area (Å²) in [6, 6.07) is 6.89. The number of benzene rings is 1. The van der Waals surface area contributed by atoms with Gasteiger partial charge in [-0.05, 0) is 37.8 Å². The number of fused-ring (bicyclic) bond motifs is 1. The highest BCUT2D eigenvalue weighted by Crippen LogP contribution is 2.28. The van der Waals surface area contributed by atoms with Gasteiger partial charge < -0.3 is 5.32 Å². The van der Waals surface area contributed by atoms with Crippen molar-refractivity contribution in [2.75, 3.05) is 5.32 Å². The number of hydrogen-bond acceptors (Lipinski definition) is 3. The molecule has 0 saturated heterocycles. The molecule has 3 rings (SSSR count). The molecule has 2 aromatic rings. The van der Waals surface area contributed by atoms with E-state index in [1.807, 2.05) is 0 Å². The lowest BCUT2D eigenvalue weighted by atomic mass is 9.86. The Morgan fingerprint density at radius 2 is 2.00 bits per heavy atom. The molecule has 1 aromatic heterocycles. The fourth-order valence-electron chi connectivity index (χ4n) is 2.99. The quantitative estimate of drug-likeness (QED) is 0.883. The van der Waals surface area contributed by atoms with Crippen LogP contribution in [0, 0.1) is 12.8 Å². The van der Waals surface area contributed by atoms with Gasteiger partial charge in [-0.2, -0.15) is 0 Å². The molecule has 0 bridgehead atoms. The van der Waals surface area contributed by atoms with Crippen molar-refractivity contribution >= 4 is 16.7 Å². The largest absolute Gasteiger partial charge is 0.366 e. The monoisotopic (exact) mass is 255 g/mol. The maximum absolute atomic E-state index is 4.45. The van der Waals surface area contributed by atoms with Crippen LogP contribution in [0.5, 0.6) is 0 Å². The lowest BCUT2D eigenvalue weighted by Gasteiger charge is -2.30. The summed E-state index contributed by atoms with van der Waals surface area (Å²) in [7, 11) is 0. The summed E-state index contributed by atoms with van der Waals surface area (Å²) in [5.74, 6) is 1.72. The van der Waals surface area contributed by atoms with E-state index in [0.29, 0.717) is 6.04 Å². The fourth-order valence-corrected chi connectivity index (χ4v) is 2.99. The van der Waals surface area contributed by atoms with Gasteiger partial charge in [0.15, 0.2) is 0 Å². The van der Waals surface area contributed by atoms with Crippen molar-refractivity contribution in [1.82, 2.24) is 9.97 Å². The molecule has 0 amide bonds. The van der Waals surface area contributed by atoms with Gasteiger partial charge in [0.2, 0.25) is 0 Å². The smallest absolute Gasteiger partial charge is 0.137 e. The number of rotatable bonds is 2. The molecule has 1 heterocycles. The summed E-state index contributed by atoms with van der Waals surface area (Å²) >= 11 is 0. The molecule has 1 fully saturated rings. The van der Waals surface area contributed by atoms with Gasteiger partial charge in [-0.3, -0.25) is 0 Å². The molecule has 2 atom stereocenters. The van der Waals surface area contributed by atoms with Gasteiger partial charge in [-0.25, -0.2) is 9.97 Å². The van der Waals surface area contributed by atoms with Crippen molar-refractivity contribution in [1.29, 1.82) is 0 Å². The van der Waals surface area contributed by atoms with Gasteiger partial charge in [0.25, 0.3) is 0 Å². The predicted octanol–water partition coefficient (Wildman–Crippen LogP) is 3.93. The molecule has 0 aliphatic heterocycles. The Morgan fingerprint density at radius 3 is 2.84 bits per heavy atom. The average Bonchev–Trinajstić information content (AvgIpc) is 2.42. The Bertz CT molecular complexity index is 579. The highest BCUT2D eigenvalue weighted by molar-refractivity contribution is 5.89. The van der Waals surface area contributed by atoms with Gasteiger partial charge in [-0.15, -0.1) is 0 Å². The Hall–Kier alpha value is -1.64. The molecule has 1 N–H and O–H groups in total. The topological polar surface area (TPSA) is 37.8 Å². The zero-order chi connectivity index (χ0) is 13.2. The summed E-state index contributed by atoms with van der Waals surface area (Å²) < 4.78 is 0. The third kappa shape index (κ3) is 2.55. The lowest BCUT2D eigenvalue weighted by molar-refractivity contribution is 0.349. The van der Waals surface area contributed by atoms with Gasteiger partial charge in [0, 0.05) is 11.4 Å². The van der Waals surface area contributed by atoms with Gasteiger partial charge >= 0.3 is 0 Å². The van der Waals surface area contributed by atoms with Crippen LogP contribution in [0.2, 0.25) is 0 Å². The maximum Gasteiger partial charge on any atom is 0.137 e. The minimum atomic E-state index is 0.548. The summed E-state index contributed by atoms with van der Waals surface area (Å²) in [5.41, 5.74) is 2.27. The second kappa shape index (κ2) is 5.16. The van der Waals surface area contributed by atoms with Crippen molar-refractivity contribution < 1.29 is 0 Å². The zero-order valence-corrected chi connectivity index (χ0v) is 11.7. The minimum absolute atomic E-state index is 0.548. The lowest BCUT2D eigenvalue weighted by Crippen LogP contribution is -2.30. The molecule has 1 aliphatic rings. The Labute approximate surface area is 114 Å². The number of nitrogens with zero attached hydrogens (tertiary/aromatic N) is 2. The SMILES string of the molecule is Cc1ccc2ncnc(N[C@@H]3CCCC[C@H]3C)c2c1. The highest BCUT2D eigenvalue weighted by atomic mass is 15.0. The molecule has 19 heavy (non-hydrogen) atoms. The van der Waals surface area contributed by atoms with Crippen LogP contribution in [0.3, 0.4) is 0 Å². The van der Waals surface area contributed by atoms with Crippen LogP contribution in [0.25, 0.3) is 10.9 Å². The van der Waals surface area contributed by atoms with Crippen molar-refractivity contribution in [3.63, 3.8) is 0 Å². The van der Waals surface area contributed by atoms with Gasteiger partial charge in [0.1, 0.15) is 12.1 Å². The summed E-state index contributed by atoms with van der Waals surface area (Å²) in [6.07, 6.45) is 6.92. The number of aromatic nitrogens is 2. The first kappa shape index (κ1) is 12.4. The Morgan fingerprint density at radius 1 is 1.16 bits per heavy atom. The zero-order valence-electron chi connectivity index (χ0n) is 11.7. The van der Waals surface area contributed by atoms with Crippen LogP contribution in [0.15, 0.2) is 24.5 Å². The summed E-state index contributed by atoms with van der Waals surface area (Å²) in [5, 5.41) is 4.79. The second-order valence-corrected chi connectivity index (χ2v) is 5.76.